The van der Waals surface area contributed by atoms with E-state index in [0.717, 1.165) is 10.6 Å². The largest absolute Gasteiger partial charge is 0.322 e. The number of amides is 3. The molecule has 3 rings (SSSR count). The fourth-order valence-electron chi connectivity index (χ4n) is 2.42. The van der Waals surface area contributed by atoms with E-state index in [1.165, 1.54) is 0 Å². The first-order valence-corrected chi connectivity index (χ1v) is 6.79. The summed E-state index contributed by atoms with van der Waals surface area (Å²) >= 11 is 0. The Balaban J connectivity index is 1.60. The lowest BCUT2D eigenvalue weighted by Crippen LogP contribution is -2.43. The topological polar surface area (TPSA) is 52.7 Å². The van der Waals surface area contributed by atoms with Crippen LogP contribution in [0.2, 0.25) is 0 Å². The number of benzene rings is 1. The van der Waals surface area contributed by atoms with Crippen molar-refractivity contribution in [3.05, 3.63) is 24.3 Å². The van der Waals surface area contributed by atoms with Crippen LogP contribution >= 0.6 is 0 Å². The number of rotatable bonds is 2. The fraction of sp³-hybridized carbons (Fsp3) is 0.429. The van der Waals surface area contributed by atoms with Gasteiger partial charge in [-0.25, -0.2) is 13.6 Å². The average Bonchev–Trinajstić information content (AvgIpc) is 2.79. The molecule has 0 atom stereocenters. The molecule has 21 heavy (non-hydrogen) atoms. The fourth-order valence-corrected chi connectivity index (χ4v) is 2.42. The van der Waals surface area contributed by atoms with E-state index in [0.29, 0.717) is 18.7 Å². The Morgan fingerprint density at radius 2 is 1.90 bits per heavy atom. The minimum atomic E-state index is -2.79. The highest BCUT2D eigenvalue weighted by Crippen LogP contribution is 2.28. The van der Waals surface area contributed by atoms with E-state index in [9.17, 15) is 18.4 Å². The molecule has 0 spiro atoms. The molecule has 5 nitrogen and oxygen atoms in total. The van der Waals surface area contributed by atoms with E-state index in [4.69, 9.17) is 0 Å². The minimum Gasteiger partial charge on any atom is -0.318 e. The summed E-state index contributed by atoms with van der Waals surface area (Å²) in [5.41, 5.74) is 1.30. The first kappa shape index (κ1) is 13.8. The normalized spacial score (nSPS) is 20.4. The molecule has 2 saturated heterocycles. The minimum absolute atomic E-state index is 0.0548. The van der Waals surface area contributed by atoms with E-state index in [1.807, 2.05) is 0 Å². The summed E-state index contributed by atoms with van der Waals surface area (Å²) in [4.78, 5) is 25.9. The number of hydrogen-bond acceptors (Lipinski definition) is 2. The lowest BCUT2D eigenvalue weighted by molar-refractivity contribution is -0.122. The Hall–Kier alpha value is -2.18. The van der Waals surface area contributed by atoms with Gasteiger partial charge in [0.15, 0.2) is 0 Å². The highest BCUT2D eigenvalue weighted by atomic mass is 19.3. The van der Waals surface area contributed by atoms with Gasteiger partial charge in [-0.1, -0.05) is 0 Å². The molecule has 2 aliphatic heterocycles. The van der Waals surface area contributed by atoms with Crippen LogP contribution in [0.4, 0.5) is 25.0 Å². The van der Waals surface area contributed by atoms with Gasteiger partial charge in [0.2, 0.25) is 5.91 Å². The maximum atomic E-state index is 13.1. The Labute approximate surface area is 120 Å². The van der Waals surface area contributed by atoms with Crippen molar-refractivity contribution in [1.29, 1.82) is 0 Å². The molecule has 2 heterocycles. The Morgan fingerprint density at radius 3 is 2.38 bits per heavy atom. The predicted molar refractivity (Wildman–Crippen MR) is 73.6 cm³/mol. The number of halogens is 2. The van der Waals surface area contributed by atoms with Gasteiger partial charge in [0.1, 0.15) is 0 Å². The van der Waals surface area contributed by atoms with Crippen molar-refractivity contribution in [2.75, 3.05) is 29.9 Å². The molecule has 112 valence electrons. The molecular formula is C14H15F2N3O2. The highest BCUT2D eigenvalue weighted by Gasteiger charge is 2.40. The van der Waals surface area contributed by atoms with E-state index in [2.05, 4.69) is 5.32 Å². The maximum Gasteiger partial charge on any atom is 0.322 e. The van der Waals surface area contributed by atoms with Gasteiger partial charge in [0.05, 0.1) is 6.54 Å². The molecule has 0 aliphatic carbocycles. The number of carbonyl (C=O) groups excluding carboxylic acids is 2. The number of alkyl halides is 2. The molecule has 1 aromatic carbocycles. The van der Waals surface area contributed by atoms with E-state index < -0.39 is 18.5 Å². The number of urea groups is 1. The Morgan fingerprint density at radius 1 is 1.19 bits per heavy atom. The standard InChI is InChI=1S/C14H15F2N3O2/c15-14(16)6-8-18(9-14)13(21)17-10-1-3-11(4-2-10)19-7-5-12(19)20/h1-4H,5-9H2,(H,17,21). The first-order chi connectivity index (χ1) is 9.94. The van der Waals surface area contributed by atoms with Gasteiger partial charge in [-0.2, -0.15) is 0 Å². The summed E-state index contributed by atoms with van der Waals surface area (Å²) in [6.07, 6.45) is 0.262. The van der Waals surface area contributed by atoms with Gasteiger partial charge < -0.3 is 15.1 Å². The van der Waals surface area contributed by atoms with Crippen LogP contribution < -0.4 is 10.2 Å². The molecule has 1 aromatic rings. The smallest absolute Gasteiger partial charge is 0.318 e. The van der Waals surface area contributed by atoms with E-state index in [1.54, 1.807) is 29.2 Å². The predicted octanol–water partition coefficient (Wildman–Crippen LogP) is 2.30. The first-order valence-electron chi connectivity index (χ1n) is 6.79. The monoisotopic (exact) mass is 295 g/mol. The molecular weight excluding hydrogens is 280 g/mol. The zero-order valence-electron chi connectivity index (χ0n) is 11.3. The molecule has 0 unspecified atom stereocenters. The van der Waals surface area contributed by atoms with Crippen molar-refractivity contribution < 1.29 is 18.4 Å². The molecule has 0 radical (unpaired) electrons. The van der Waals surface area contributed by atoms with Crippen LogP contribution in [0.15, 0.2) is 24.3 Å². The zero-order chi connectivity index (χ0) is 15.0. The van der Waals surface area contributed by atoms with Crippen molar-refractivity contribution >= 4 is 23.3 Å². The highest BCUT2D eigenvalue weighted by molar-refractivity contribution is 5.99. The van der Waals surface area contributed by atoms with Crippen LogP contribution in [0.25, 0.3) is 0 Å². The second-order valence-corrected chi connectivity index (χ2v) is 5.30. The van der Waals surface area contributed by atoms with Gasteiger partial charge in [-0.15, -0.1) is 0 Å². The zero-order valence-corrected chi connectivity index (χ0v) is 11.3. The maximum absolute atomic E-state index is 13.1. The Kier molecular flexibility index (Phi) is 3.27. The van der Waals surface area contributed by atoms with Gasteiger partial charge in [-0.05, 0) is 24.3 Å². The van der Waals surface area contributed by atoms with Crippen LogP contribution in [0.5, 0.6) is 0 Å². The van der Waals surface area contributed by atoms with Crippen LogP contribution in [0.1, 0.15) is 12.8 Å². The number of nitrogens with zero attached hydrogens (tertiary/aromatic N) is 2. The molecule has 0 saturated carbocycles. The second kappa shape index (κ2) is 4.98. The lowest BCUT2D eigenvalue weighted by Gasteiger charge is -2.30. The van der Waals surface area contributed by atoms with E-state index in [-0.39, 0.29) is 18.9 Å². The third-order valence-electron chi connectivity index (χ3n) is 3.74. The summed E-state index contributed by atoms with van der Waals surface area (Å²) in [7, 11) is 0. The average molecular weight is 295 g/mol. The number of anilines is 2. The summed E-state index contributed by atoms with van der Waals surface area (Å²) in [5, 5.41) is 2.59. The molecule has 7 heteroatoms. The van der Waals surface area contributed by atoms with Crippen LogP contribution in [-0.4, -0.2) is 42.4 Å². The van der Waals surface area contributed by atoms with E-state index >= 15 is 0 Å². The van der Waals surface area contributed by atoms with Gasteiger partial charge in [0, 0.05) is 37.3 Å². The van der Waals surface area contributed by atoms with Crippen LogP contribution in [-0.2, 0) is 4.79 Å². The SMILES string of the molecule is O=C(Nc1ccc(N2CCC2=O)cc1)N1CCC(F)(F)C1. The number of carbonyl (C=O) groups is 2. The Bertz CT molecular complexity index is 574. The van der Waals surface area contributed by atoms with Gasteiger partial charge in [-0.3, -0.25) is 4.79 Å². The second-order valence-electron chi connectivity index (χ2n) is 5.30. The third kappa shape index (κ3) is 2.81. The number of β-lactam (4-membered cyclic amide) rings is 1. The van der Waals surface area contributed by atoms with Gasteiger partial charge >= 0.3 is 6.03 Å². The summed E-state index contributed by atoms with van der Waals surface area (Å²) in [5.74, 6) is -2.72. The quantitative estimate of drug-likeness (QED) is 0.851. The third-order valence-corrected chi connectivity index (χ3v) is 3.74. The number of likely N-dealkylation sites (tertiary alicyclic amines) is 1. The van der Waals surface area contributed by atoms with Crippen molar-refractivity contribution in [3.8, 4) is 0 Å². The molecule has 0 bridgehead atoms. The van der Waals surface area contributed by atoms with Crippen molar-refractivity contribution in [2.45, 2.75) is 18.8 Å². The van der Waals surface area contributed by atoms with Crippen LogP contribution in [0, 0.1) is 0 Å². The molecule has 3 amide bonds. The van der Waals surface area contributed by atoms with Gasteiger partial charge in [0.25, 0.3) is 5.92 Å². The molecule has 2 fully saturated rings. The van der Waals surface area contributed by atoms with Crippen LogP contribution in [0.3, 0.4) is 0 Å². The van der Waals surface area contributed by atoms with Crippen molar-refractivity contribution in [3.63, 3.8) is 0 Å². The molecule has 1 N–H and O–H groups in total. The molecule has 0 aromatic heterocycles. The summed E-state index contributed by atoms with van der Waals surface area (Å²) < 4.78 is 26.1. The summed E-state index contributed by atoms with van der Waals surface area (Å²) in [6.45, 7) is 0.214. The summed E-state index contributed by atoms with van der Waals surface area (Å²) in [6, 6.07) is 6.25. The molecule has 2 aliphatic rings. The van der Waals surface area contributed by atoms with Crippen molar-refractivity contribution in [2.24, 2.45) is 0 Å². The lowest BCUT2D eigenvalue weighted by atomic mass is 10.1. The number of hydrogen-bond donors (Lipinski definition) is 1. The van der Waals surface area contributed by atoms with Crippen molar-refractivity contribution in [1.82, 2.24) is 4.90 Å². The number of nitrogens with one attached hydrogen (secondary N) is 1.